The van der Waals surface area contributed by atoms with Crippen LogP contribution < -0.4 is 10.5 Å². The third-order valence-electron chi connectivity index (χ3n) is 2.80. The Kier molecular flexibility index (Phi) is 4.25. The number of rotatable bonds is 3. The number of methoxy groups -OCH3 is 1. The fourth-order valence-corrected chi connectivity index (χ4v) is 1.90. The molecule has 0 aliphatic rings. The summed E-state index contributed by atoms with van der Waals surface area (Å²) in [6.45, 7) is 0. The van der Waals surface area contributed by atoms with E-state index < -0.39 is 12.3 Å². The molecule has 0 atom stereocenters. The highest BCUT2D eigenvalue weighted by atomic mass is 19.4. The van der Waals surface area contributed by atoms with E-state index in [4.69, 9.17) is 5.73 Å². The van der Waals surface area contributed by atoms with Gasteiger partial charge < -0.3 is 15.2 Å². The molecule has 0 aliphatic heterocycles. The summed E-state index contributed by atoms with van der Waals surface area (Å²) in [5.74, 6) is -0.876. The van der Waals surface area contributed by atoms with E-state index in [0.717, 1.165) is 0 Å². The number of nitrogen functional groups attached to an aromatic ring is 1. The normalized spacial score (nSPS) is 11.1. The van der Waals surface area contributed by atoms with Gasteiger partial charge in [-0.25, -0.2) is 4.79 Å². The van der Waals surface area contributed by atoms with Crippen molar-refractivity contribution in [2.24, 2.45) is 0 Å². The Morgan fingerprint density at radius 2 is 1.68 bits per heavy atom. The molecule has 0 bridgehead atoms. The molecule has 0 aromatic heterocycles. The number of esters is 1. The molecule has 22 heavy (non-hydrogen) atoms. The molecule has 0 amide bonds. The summed E-state index contributed by atoms with van der Waals surface area (Å²) in [4.78, 5) is 11.5. The van der Waals surface area contributed by atoms with Crippen molar-refractivity contribution in [1.29, 1.82) is 0 Å². The number of nitrogens with two attached hydrogens (primary N) is 1. The molecule has 0 aliphatic carbocycles. The molecule has 7 heteroatoms. The Morgan fingerprint density at radius 1 is 1.05 bits per heavy atom. The third kappa shape index (κ3) is 3.91. The average Bonchev–Trinajstić information content (AvgIpc) is 2.45. The van der Waals surface area contributed by atoms with Gasteiger partial charge in [-0.05, 0) is 41.5 Å². The van der Waals surface area contributed by atoms with E-state index in [1.165, 1.54) is 37.4 Å². The molecule has 2 N–H and O–H groups in total. The van der Waals surface area contributed by atoms with E-state index in [2.05, 4.69) is 9.47 Å². The molecule has 0 heterocycles. The number of alkyl halides is 3. The average molecular weight is 311 g/mol. The number of carbonyl (C=O) groups excluding carboxylic acids is 1. The van der Waals surface area contributed by atoms with Gasteiger partial charge in [0.15, 0.2) is 0 Å². The fourth-order valence-electron chi connectivity index (χ4n) is 1.90. The first-order valence-electron chi connectivity index (χ1n) is 6.13. The maximum atomic E-state index is 12.1. The Bertz CT molecular complexity index is 681. The van der Waals surface area contributed by atoms with Gasteiger partial charge in [0.05, 0.1) is 12.7 Å². The summed E-state index contributed by atoms with van der Waals surface area (Å²) in [6, 6.07) is 9.85. The maximum Gasteiger partial charge on any atom is 0.573 e. The molecule has 0 fully saturated rings. The minimum absolute atomic E-state index is 0.258. The first kappa shape index (κ1) is 15.7. The van der Waals surface area contributed by atoms with Gasteiger partial charge >= 0.3 is 12.3 Å². The first-order chi connectivity index (χ1) is 10.3. The Balaban J connectivity index is 2.32. The van der Waals surface area contributed by atoms with Crippen molar-refractivity contribution in [2.75, 3.05) is 12.8 Å². The minimum Gasteiger partial charge on any atom is -0.465 e. The van der Waals surface area contributed by atoms with Gasteiger partial charge in [0.1, 0.15) is 5.75 Å². The minimum atomic E-state index is -4.74. The molecule has 2 rings (SSSR count). The Labute approximate surface area is 124 Å². The molecular weight excluding hydrogens is 299 g/mol. The Hall–Kier alpha value is -2.70. The lowest BCUT2D eigenvalue weighted by atomic mass is 10.0. The predicted molar refractivity (Wildman–Crippen MR) is 74.3 cm³/mol. The standard InChI is InChI=1S/C15H12F3NO3/c1-21-14(20)11-6-10(7-12(19)8-11)9-2-4-13(5-3-9)22-15(16,17)18/h2-8H,19H2,1H3. The third-order valence-corrected chi connectivity index (χ3v) is 2.80. The van der Waals surface area contributed by atoms with Gasteiger partial charge in [-0.1, -0.05) is 12.1 Å². The second kappa shape index (κ2) is 5.97. The second-order valence-corrected chi connectivity index (χ2v) is 4.41. The largest absolute Gasteiger partial charge is 0.573 e. The molecule has 0 radical (unpaired) electrons. The molecule has 0 saturated heterocycles. The van der Waals surface area contributed by atoms with Crippen molar-refractivity contribution in [2.45, 2.75) is 6.36 Å². The highest BCUT2D eigenvalue weighted by Crippen LogP contribution is 2.28. The van der Waals surface area contributed by atoms with Crippen molar-refractivity contribution in [3.05, 3.63) is 48.0 Å². The van der Waals surface area contributed by atoms with Crippen LogP contribution in [0.25, 0.3) is 11.1 Å². The van der Waals surface area contributed by atoms with Crippen molar-refractivity contribution < 1.29 is 27.4 Å². The van der Waals surface area contributed by atoms with Crippen LogP contribution in [-0.2, 0) is 4.74 Å². The number of hydrogen-bond donors (Lipinski definition) is 1. The van der Waals surface area contributed by atoms with Crippen LogP contribution in [0.2, 0.25) is 0 Å². The van der Waals surface area contributed by atoms with Crippen LogP contribution in [0.4, 0.5) is 18.9 Å². The lowest BCUT2D eigenvalue weighted by Crippen LogP contribution is -2.16. The molecule has 0 unspecified atom stereocenters. The van der Waals surface area contributed by atoms with Crippen LogP contribution >= 0.6 is 0 Å². The maximum absolute atomic E-state index is 12.1. The van der Waals surface area contributed by atoms with Crippen molar-refractivity contribution in [3.63, 3.8) is 0 Å². The zero-order valence-electron chi connectivity index (χ0n) is 11.5. The van der Waals surface area contributed by atoms with Crippen LogP contribution in [0.1, 0.15) is 10.4 Å². The van der Waals surface area contributed by atoms with Crippen molar-refractivity contribution in [3.8, 4) is 16.9 Å². The lowest BCUT2D eigenvalue weighted by Gasteiger charge is -2.10. The second-order valence-electron chi connectivity index (χ2n) is 4.41. The number of benzene rings is 2. The summed E-state index contributed by atoms with van der Waals surface area (Å²) in [5, 5.41) is 0. The molecule has 0 saturated carbocycles. The molecular formula is C15H12F3NO3. The van der Waals surface area contributed by atoms with Crippen LogP contribution in [-0.4, -0.2) is 19.4 Å². The summed E-state index contributed by atoms with van der Waals surface area (Å²) in [7, 11) is 1.24. The topological polar surface area (TPSA) is 61.5 Å². The zero-order valence-corrected chi connectivity index (χ0v) is 11.5. The molecule has 4 nitrogen and oxygen atoms in total. The molecule has 116 valence electrons. The highest BCUT2D eigenvalue weighted by Gasteiger charge is 2.30. The van der Waals surface area contributed by atoms with Gasteiger partial charge in [-0.3, -0.25) is 0 Å². The van der Waals surface area contributed by atoms with E-state index in [0.29, 0.717) is 16.8 Å². The predicted octanol–water partition coefficient (Wildman–Crippen LogP) is 3.62. The first-order valence-corrected chi connectivity index (χ1v) is 6.13. The lowest BCUT2D eigenvalue weighted by molar-refractivity contribution is -0.274. The zero-order chi connectivity index (χ0) is 16.3. The van der Waals surface area contributed by atoms with Gasteiger partial charge in [0.2, 0.25) is 0 Å². The van der Waals surface area contributed by atoms with E-state index in [-0.39, 0.29) is 11.3 Å². The molecule has 2 aromatic carbocycles. The summed E-state index contributed by atoms with van der Waals surface area (Å²) in [6.07, 6.45) is -4.74. The highest BCUT2D eigenvalue weighted by molar-refractivity contribution is 5.92. The monoisotopic (exact) mass is 311 g/mol. The molecule has 2 aromatic rings. The van der Waals surface area contributed by atoms with Gasteiger partial charge in [-0.2, -0.15) is 0 Å². The van der Waals surface area contributed by atoms with Crippen LogP contribution in [0.15, 0.2) is 42.5 Å². The quantitative estimate of drug-likeness (QED) is 0.694. The summed E-state index contributed by atoms with van der Waals surface area (Å²) >= 11 is 0. The van der Waals surface area contributed by atoms with Crippen LogP contribution in [0.3, 0.4) is 0 Å². The van der Waals surface area contributed by atoms with E-state index in [9.17, 15) is 18.0 Å². The van der Waals surface area contributed by atoms with E-state index in [1.54, 1.807) is 12.1 Å². The summed E-state index contributed by atoms with van der Waals surface area (Å²) in [5.41, 5.74) is 7.49. The summed E-state index contributed by atoms with van der Waals surface area (Å²) < 4.78 is 44.7. The van der Waals surface area contributed by atoms with Gasteiger partial charge in [0, 0.05) is 5.69 Å². The number of halogens is 3. The number of anilines is 1. The Morgan fingerprint density at radius 3 is 2.23 bits per heavy atom. The SMILES string of the molecule is COC(=O)c1cc(N)cc(-c2ccc(OC(F)(F)F)cc2)c1. The number of hydrogen-bond acceptors (Lipinski definition) is 4. The van der Waals surface area contributed by atoms with Gasteiger partial charge in [0.25, 0.3) is 0 Å². The number of ether oxygens (including phenoxy) is 2. The number of carbonyl (C=O) groups is 1. The van der Waals surface area contributed by atoms with Crippen molar-refractivity contribution in [1.82, 2.24) is 0 Å². The smallest absolute Gasteiger partial charge is 0.465 e. The molecule has 0 spiro atoms. The van der Waals surface area contributed by atoms with E-state index >= 15 is 0 Å². The fraction of sp³-hybridized carbons (Fsp3) is 0.133. The van der Waals surface area contributed by atoms with E-state index in [1.807, 2.05) is 0 Å². The van der Waals surface area contributed by atoms with Crippen LogP contribution in [0, 0.1) is 0 Å². The van der Waals surface area contributed by atoms with Crippen molar-refractivity contribution >= 4 is 11.7 Å². The van der Waals surface area contributed by atoms with Gasteiger partial charge in [-0.15, -0.1) is 13.2 Å². The van der Waals surface area contributed by atoms with Crippen LogP contribution in [0.5, 0.6) is 5.75 Å².